The van der Waals surface area contributed by atoms with Crippen molar-refractivity contribution in [2.45, 2.75) is 46.2 Å². The molecule has 0 aromatic carbocycles. The van der Waals surface area contributed by atoms with Gasteiger partial charge in [-0.25, -0.2) is 4.39 Å². The Morgan fingerprint density at radius 3 is 2.56 bits per heavy atom. The molecule has 27 heavy (non-hydrogen) atoms. The minimum absolute atomic E-state index is 0.0508. The van der Waals surface area contributed by atoms with Crippen molar-refractivity contribution in [3.8, 4) is 0 Å². The fourth-order valence-electron chi connectivity index (χ4n) is 7.04. The first-order valence-electron chi connectivity index (χ1n) is 10.1. The van der Waals surface area contributed by atoms with Crippen molar-refractivity contribution in [1.82, 2.24) is 0 Å². The van der Waals surface area contributed by atoms with Gasteiger partial charge >= 0.3 is 0 Å². The van der Waals surface area contributed by atoms with Crippen LogP contribution in [-0.2, 0) is 9.59 Å². The van der Waals surface area contributed by atoms with Crippen LogP contribution in [0.25, 0.3) is 0 Å². The van der Waals surface area contributed by atoms with Crippen molar-refractivity contribution < 1.29 is 19.1 Å². The molecule has 0 aromatic heterocycles. The molecule has 0 aliphatic heterocycles. The Morgan fingerprint density at radius 2 is 1.89 bits per heavy atom. The number of Topliss-reactive ketones (excluding diaryl/α,β-unsaturated/α-hetero) is 1. The van der Waals surface area contributed by atoms with Crippen molar-refractivity contribution in [2.75, 3.05) is 6.61 Å². The number of carbonyl (C=O) groups is 2. The second-order valence-corrected chi connectivity index (χ2v) is 9.67. The number of fused-ring (bicyclic) bond motifs is 5. The van der Waals surface area contributed by atoms with E-state index in [4.69, 9.17) is 0 Å². The van der Waals surface area contributed by atoms with Crippen LogP contribution in [-0.4, -0.2) is 28.9 Å². The van der Waals surface area contributed by atoms with Crippen molar-refractivity contribution in [1.29, 1.82) is 0 Å². The summed E-state index contributed by atoms with van der Waals surface area (Å²) in [6.45, 7) is 7.65. The van der Waals surface area contributed by atoms with Crippen molar-refractivity contribution >= 4 is 11.6 Å². The minimum atomic E-state index is -1.57. The van der Waals surface area contributed by atoms with Gasteiger partial charge in [-0.2, -0.15) is 0 Å². The topological polar surface area (TPSA) is 54.4 Å². The normalized spacial score (nSPS) is 50.7. The van der Waals surface area contributed by atoms with E-state index in [1.807, 2.05) is 19.9 Å². The van der Waals surface area contributed by atoms with Gasteiger partial charge in [0, 0.05) is 17.3 Å². The van der Waals surface area contributed by atoms with E-state index in [0.717, 1.165) is 12.0 Å². The monoisotopic (exact) mass is 372 g/mol. The van der Waals surface area contributed by atoms with Gasteiger partial charge in [-0.3, -0.25) is 9.59 Å². The van der Waals surface area contributed by atoms with Crippen LogP contribution >= 0.6 is 0 Å². The number of aliphatic hydroxyl groups is 1. The molecule has 0 unspecified atom stereocenters. The molecular formula is C23H29FO3. The van der Waals surface area contributed by atoms with Crippen LogP contribution < -0.4 is 0 Å². The molecule has 3 nitrogen and oxygen atoms in total. The van der Waals surface area contributed by atoms with Crippen molar-refractivity contribution in [3.63, 3.8) is 0 Å². The van der Waals surface area contributed by atoms with E-state index in [9.17, 15) is 14.7 Å². The molecular weight excluding hydrogens is 343 g/mol. The largest absolute Gasteiger partial charge is 0.389 e. The third-order valence-electron chi connectivity index (χ3n) is 8.29. The van der Waals surface area contributed by atoms with Crippen LogP contribution in [0.2, 0.25) is 0 Å². The lowest BCUT2D eigenvalue weighted by Crippen LogP contribution is -2.59. The van der Waals surface area contributed by atoms with Gasteiger partial charge in [0.05, 0.1) is 0 Å². The highest BCUT2D eigenvalue weighted by molar-refractivity contribution is 6.01. The summed E-state index contributed by atoms with van der Waals surface area (Å²) < 4.78 is 16.8. The SMILES string of the molecule is C[C@@H]1C[C@H]2[C@@H]3C[C@H](C)C4=CC(=O)C=C[C@]4(C)[C@@]3(F)C=C[C@]2(C)[C@H]1C(=O)CO. The molecule has 4 rings (SSSR count). The average Bonchev–Trinajstić information content (AvgIpc) is 2.89. The summed E-state index contributed by atoms with van der Waals surface area (Å²) in [7, 11) is 0. The van der Waals surface area contributed by atoms with E-state index in [0.29, 0.717) is 6.42 Å². The van der Waals surface area contributed by atoms with Crippen LogP contribution in [0.5, 0.6) is 0 Å². The molecule has 2 saturated carbocycles. The first-order chi connectivity index (χ1) is 12.6. The number of halogens is 1. The van der Waals surface area contributed by atoms with Crippen LogP contribution in [0.1, 0.15) is 40.5 Å². The maximum Gasteiger partial charge on any atom is 0.178 e. The number of hydrogen-bond donors (Lipinski definition) is 1. The van der Waals surface area contributed by atoms with Gasteiger partial charge in [-0.15, -0.1) is 0 Å². The molecule has 146 valence electrons. The van der Waals surface area contributed by atoms with Crippen LogP contribution in [0.4, 0.5) is 4.39 Å². The predicted molar refractivity (Wildman–Crippen MR) is 102 cm³/mol. The average molecular weight is 372 g/mol. The molecule has 4 heteroatoms. The van der Waals surface area contributed by atoms with Gasteiger partial charge in [0.15, 0.2) is 11.6 Å². The Morgan fingerprint density at radius 1 is 1.19 bits per heavy atom. The summed E-state index contributed by atoms with van der Waals surface area (Å²) in [5.41, 5.74) is -1.94. The summed E-state index contributed by atoms with van der Waals surface area (Å²) in [6.07, 6.45) is 9.95. The maximum atomic E-state index is 16.8. The highest BCUT2D eigenvalue weighted by atomic mass is 19.1. The zero-order chi connectivity index (χ0) is 19.8. The lowest BCUT2D eigenvalue weighted by molar-refractivity contribution is -0.131. The zero-order valence-corrected chi connectivity index (χ0v) is 16.5. The molecule has 2 fully saturated rings. The van der Waals surface area contributed by atoms with Crippen molar-refractivity contribution in [2.24, 2.45) is 40.4 Å². The first kappa shape index (κ1) is 18.8. The molecule has 0 amide bonds. The van der Waals surface area contributed by atoms with E-state index < -0.39 is 23.1 Å². The number of allylic oxidation sites excluding steroid dienone is 6. The number of rotatable bonds is 2. The van der Waals surface area contributed by atoms with E-state index in [-0.39, 0.29) is 41.2 Å². The van der Waals surface area contributed by atoms with Crippen LogP contribution in [0, 0.1) is 40.4 Å². The fourth-order valence-corrected chi connectivity index (χ4v) is 7.04. The third kappa shape index (κ3) is 2.22. The number of ketones is 2. The number of aliphatic hydroxyl groups excluding tert-OH is 1. The Labute approximate surface area is 160 Å². The Balaban J connectivity index is 1.85. The molecule has 4 aliphatic carbocycles. The molecule has 0 saturated heterocycles. The number of carbonyl (C=O) groups excluding carboxylic acids is 2. The summed E-state index contributed by atoms with van der Waals surface area (Å²) in [4.78, 5) is 24.4. The van der Waals surface area contributed by atoms with Gasteiger partial charge in [-0.05, 0) is 61.2 Å². The molecule has 0 spiro atoms. The summed E-state index contributed by atoms with van der Waals surface area (Å²) >= 11 is 0. The Kier molecular flexibility index (Phi) is 3.99. The van der Waals surface area contributed by atoms with E-state index in [1.54, 1.807) is 18.2 Å². The van der Waals surface area contributed by atoms with E-state index in [2.05, 4.69) is 13.8 Å². The van der Waals surface area contributed by atoms with Gasteiger partial charge < -0.3 is 5.11 Å². The molecule has 0 radical (unpaired) electrons. The molecule has 8 atom stereocenters. The smallest absolute Gasteiger partial charge is 0.178 e. The third-order valence-corrected chi connectivity index (χ3v) is 8.29. The second-order valence-electron chi connectivity index (χ2n) is 9.67. The predicted octanol–water partition coefficient (Wildman–Crippen LogP) is 3.83. The first-order valence-corrected chi connectivity index (χ1v) is 10.1. The van der Waals surface area contributed by atoms with Gasteiger partial charge in [0.25, 0.3) is 0 Å². The standard InChI is InChI=1S/C23H29FO3/c1-13-9-18-17-10-14(2)20(19(27)12-25)21(17,3)7-8-23(18,24)22(4)6-5-15(26)11-16(13)22/h5-8,11,13-14,17-18,20,25H,9-10,12H2,1-4H3/t13-,14+,17-,18-,20+,21-,22-,23+/m0/s1. The molecule has 4 aliphatic rings. The van der Waals surface area contributed by atoms with Gasteiger partial charge in [0.1, 0.15) is 12.3 Å². The zero-order valence-electron chi connectivity index (χ0n) is 16.5. The van der Waals surface area contributed by atoms with Crippen LogP contribution in [0.15, 0.2) is 36.0 Å². The fraction of sp³-hybridized carbons (Fsp3) is 0.652. The quantitative estimate of drug-likeness (QED) is 0.750. The van der Waals surface area contributed by atoms with Gasteiger partial charge in [0.2, 0.25) is 0 Å². The lowest BCUT2D eigenvalue weighted by Gasteiger charge is -2.58. The lowest BCUT2D eigenvalue weighted by atomic mass is 9.47. The van der Waals surface area contributed by atoms with Crippen LogP contribution in [0.3, 0.4) is 0 Å². The molecule has 0 heterocycles. The Hall–Kier alpha value is -1.55. The molecule has 0 aromatic rings. The summed E-state index contributed by atoms with van der Waals surface area (Å²) in [5, 5.41) is 9.47. The van der Waals surface area contributed by atoms with E-state index >= 15 is 4.39 Å². The second kappa shape index (κ2) is 5.73. The molecule has 1 N–H and O–H groups in total. The highest BCUT2D eigenvalue weighted by Crippen LogP contribution is 2.68. The summed E-state index contributed by atoms with van der Waals surface area (Å²) in [5.74, 6) is -0.383. The molecule has 0 bridgehead atoms. The summed E-state index contributed by atoms with van der Waals surface area (Å²) in [6, 6.07) is 0. The Bertz CT molecular complexity index is 795. The number of alkyl halides is 1. The van der Waals surface area contributed by atoms with E-state index in [1.165, 1.54) is 6.08 Å². The number of hydrogen-bond acceptors (Lipinski definition) is 3. The maximum absolute atomic E-state index is 16.8. The minimum Gasteiger partial charge on any atom is -0.389 e. The van der Waals surface area contributed by atoms with Gasteiger partial charge in [-0.1, -0.05) is 38.5 Å². The van der Waals surface area contributed by atoms with Crippen molar-refractivity contribution in [3.05, 3.63) is 36.0 Å². The highest BCUT2D eigenvalue weighted by Gasteiger charge is 2.67.